The van der Waals surface area contributed by atoms with E-state index >= 15 is 0 Å². The number of carbonyl (C=O) groups excluding carboxylic acids is 2. The van der Waals surface area contributed by atoms with Crippen molar-refractivity contribution in [2.75, 3.05) is 13.6 Å². The van der Waals surface area contributed by atoms with Crippen molar-refractivity contribution in [3.8, 4) is 0 Å². The van der Waals surface area contributed by atoms with Gasteiger partial charge in [0.1, 0.15) is 0 Å². The first-order valence-corrected chi connectivity index (χ1v) is 8.62. The summed E-state index contributed by atoms with van der Waals surface area (Å²) in [5.74, 6) is 0.884. The molecule has 1 N–H and O–H groups in total. The van der Waals surface area contributed by atoms with Crippen LogP contribution in [0.25, 0.3) is 0 Å². The Kier molecular flexibility index (Phi) is 6.63. The lowest BCUT2D eigenvalue weighted by Crippen LogP contribution is -2.40. The van der Waals surface area contributed by atoms with Gasteiger partial charge in [-0.15, -0.1) is 0 Å². The van der Waals surface area contributed by atoms with E-state index in [9.17, 15) is 9.59 Å². The highest BCUT2D eigenvalue weighted by Gasteiger charge is 2.24. The second-order valence-corrected chi connectivity index (χ2v) is 6.68. The van der Waals surface area contributed by atoms with Crippen molar-refractivity contribution in [1.29, 1.82) is 0 Å². The zero-order chi connectivity index (χ0) is 16.7. The highest BCUT2D eigenvalue weighted by Crippen LogP contribution is 2.26. The number of carbonyl (C=O) groups is 2. The van der Waals surface area contributed by atoms with E-state index < -0.39 is 0 Å². The van der Waals surface area contributed by atoms with Gasteiger partial charge < -0.3 is 10.2 Å². The molecule has 0 heterocycles. The standard InChI is InChI=1S/C19H28N2O2/c1-15-8-10-17(11-9-15)21(2)19(23)12-13-20-18(22)14-16-6-4-3-5-7-16/h3-7,15,17H,8-14H2,1-2H3,(H,20,22). The second kappa shape index (κ2) is 8.70. The topological polar surface area (TPSA) is 49.4 Å². The summed E-state index contributed by atoms with van der Waals surface area (Å²) in [6.45, 7) is 2.69. The van der Waals surface area contributed by atoms with Crippen LogP contribution in [-0.4, -0.2) is 36.3 Å². The molecule has 4 heteroatoms. The molecule has 126 valence electrons. The molecule has 0 radical (unpaired) electrons. The Hall–Kier alpha value is -1.84. The zero-order valence-electron chi connectivity index (χ0n) is 14.3. The van der Waals surface area contributed by atoms with E-state index in [0.717, 1.165) is 24.3 Å². The van der Waals surface area contributed by atoms with E-state index in [0.29, 0.717) is 25.4 Å². The Morgan fingerprint density at radius 2 is 1.78 bits per heavy atom. The normalized spacial score (nSPS) is 20.8. The van der Waals surface area contributed by atoms with Gasteiger partial charge in [-0.25, -0.2) is 0 Å². The Morgan fingerprint density at radius 1 is 1.13 bits per heavy atom. The molecule has 0 saturated heterocycles. The first-order valence-electron chi connectivity index (χ1n) is 8.62. The molecule has 23 heavy (non-hydrogen) atoms. The largest absolute Gasteiger partial charge is 0.355 e. The Bertz CT molecular complexity index is 507. The SMILES string of the molecule is CC1CCC(N(C)C(=O)CCNC(=O)Cc2ccccc2)CC1. The van der Waals surface area contributed by atoms with Gasteiger partial charge in [0, 0.05) is 26.1 Å². The zero-order valence-corrected chi connectivity index (χ0v) is 14.3. The lowest BCUT2D eigenvalue weighted by molar-refractivity contribution is -0.132. The van der Waals surface area contributed by atoms with E-state index in [1.165, 1.54) is 12.8 Å². The summed E-state index contributed by atoms with van der Waals surface area (Å²) in [4.78, 5) is 26.0. The van der Waals surface area contributed by atoms with Gasteiger partial charge in [0.25, 0.3) is 0 Å². The second-order valence-electron chi connectivity index (χ2n) is 6.68. The monoisotopic (exact) mass is 316 g/mol. The van der Waals surface area contributed by atoms with Gasteiger partial charge >= 0.3 is 0 Å². The maximum Gasteiger partial charge on any atom is 0.224 e. The van der Waals surface area contributed by atoms with Gasteiger partial charge in [-0.2, -0.15) is 0 Å². The molecule has 0 aliphatic heterocycles. The van der Waals surface area contributed by atoms with Crippen molar-refractivity contribution in [3.05, 3.63) is 35.9 Å². The Balaban J connectivity index is 1.67. The van der Waals surface area contributed by atoms with E-state index in [1.54, 1.807) is 0 Å². The molecule has 1 saturated carbocycles. The minimum Gasteiger partial charge on any atom is -0.355 e. The number of benzene rings is 1. The van der Waals surface area contributed by atoms with Gasteiger partial charge in [-0.3, -0.25) is 9.59 Å². The van der Waals surface area contributed by atoms with E-state index in [1.807, 2.05) is 42.3 Å². The van der Waals surface area contributed by atoms with E-state index in [4.69, 9.17) is 0 Å². The summed E-state index contributed by atoms with van der Waals surface area (Å²) in [6.07, 6.45) is 5.36. The third-order valence-corrected chi connectivity index (χ3v) is 4.80. The van der Waals surface area contributed by atoms with Crippen molar-refractivity contribution in [3.63, 3.8) is 0 Å². The van der Waals surface area contributed by atoms with Crippen molar-refractivity contribution in [2.24, 2.45) is 5.92 Å². The molecule has 0 spiro atoms. The molecule has 0 atom stereocenters. The van der Waals surface area contributed by atoms with Crippen LogP contribution in [0.4, 0.5) is 0 Å². The fourth-order valence-corrected chi connectivity index (χ4v) is 3.16. The fraction of sp³-hybridized carbons (Fsp3) is 0.579. The van der Waals surface area contributed by atoms with Gasteiger partial charge in [0.05, 0.1) is 6.42 Å². The number of rotatable bonds is 6. The van der Waals surface area contributed by atoms with Crippen molar-refractivity contribution in [1.82, 2.24) is 10.2 Å². The summed E-state index contributed by atoms with van der Waals surface area (Å²) in [5, 5.41) is 2.84. The highest BCUT2D eigenvalue weighted by molar-refractivity contribution is 5.80. The number of hydrogen-bond donors (Lipinski definition) is 1. The molecule has 1 fully saturated rings. The molecule has 0 unspecified atom stereocenters. The number of amides is 2. The van der Waals surface area contributed by atoms with Crippen molar-refractivity contribution in [2.45, 2.75) is 51.5 Å². The average Bonchev–Trinajstić information content (AvgIpc) is 2.55. The first-order chi connectivity index (χ1) is 11.1. The molecule has 1 aromatic carbocycles. The fourth-order valence-electron chi connectivity index (χ4n) is 3.16. The van der Waals surface area contributed by atoms with Gasteiger partial charge in [-0.05, 0) is 37.2 Å². The van der Waals surface area contributed by atoms with Crippen molar-refractivity contribution < 1.29 is 9.59 Å². The van der Waals surface area contributed by atoms with Crippen LogP contribution in [0.1, 0.15) is 44.6 Å². The van der Waals surface area contributed by atoms with Crippen LogP contribution in [0, 0.1) is 5.92 Å². The molecule has 4 nitrogen and oxygen atoms in total. The predicted octanol–water partition coefficient (Wildman–Crippen LogP) is 2.77. The summed E-state index contributed by atoms with van der Waals surface area (Å²) in [5.41, 5.74) is 0.991. The summed E-state index contributed by atoms with van der Waals surface area (Å²) < 4.78 is 0. The maximum atomic E-state index is 12.2. The smallest absolute Gasteiger partial charge is 0.224 e. The minimum atomic E-state index is -0.0295. The Labute approximate surface area is 139 Å². The van der Waals surface area contributed by atoms with E-state index in [-0.39, 0.29) is 11.8 Å². The van der Waals surface area contributed by atoms with Crippen LogP contribution in [0.2, 0.25) is 0 Å². The van der Waals surface area contributed by atoms with Crippen LogP contribution in [-0.2, 0) is 16.0 Å². The molecule has 1 aromatic rings. The van der Waals surface area contributed by atoms with Gasteiger partial charge in [-0.1, -0.05) is 37.3 Å². The quantitative estimate of drug-likeness (QED) is 0.877. The van der Waals surface area contributed by atoms with Gasteiger partial charge in [0.2, 0.25) is 11.8 Å². The molecular weight excluding hydrogens is 288 g/mol. The summed E-state index contributed by atoms with van der Waals surface area (Å²) in [7, 11) is 1.90. The first kappa shape index (κ1) is 17.5. The van der Waals surface area contributed by atoms with Crippen LogP contribution < -0.4 is 5.32 Å². The van der Waals surface area contributed by atoms with Crippen LogP contribution in [0.5, 0.6) is 0 Å². The number of hydrogen-bond acceptors (Lipinski definition) is 2. The molecule has 2 rings (SSSR count). The molecule has 0 bridgehead atoms. The average molecular weight is 316 g/mol. The Morgan fingerprint density at radius 3 is 2.43 bits per heavy atom. The third-order valence-electron chi connectivity index (χ3n) is 4.80. The molecule has 1 aliphatic rings. The number of nitrogens with zero attached hydrogens (tertiary/aromatic N) is 1. The summed E-state index contributed by atoms with van der Waals surface area (Å²) >= 11 is 0. The van der Waals surface area contributed by atoms with Crippen molar-refractivity contribution >= 4 is 11.8 Å². The number of nitrogens with one attached hydrogen (secondary N) is 1. The molecular formula is C19H28N2O2. The van der Waals surface area contributed by atoms with E-state index in [2.05, 4.69) is 12.2 Å². The van der Waals surface area contributed by atoms with Crippen LogP contribution in [0.15, 0.2) is 30.3 Å². The van der Waals surface area contributed by atoms with Crippen LogP contribution in [0.3, 0.4) is 0 Å². The maximum absolute atomic E-state index is 12.2. The lowest BCUT2D eigenvalue weighted by atomic mass is 9.86. The highest BCUT2D eigenvalue weighted by atomic mass is 16.2. The molecule has 0 aromatic heterocycles. The summed E-state index contributed by atoms with van der Waals surface area (Å²) in [6, 6.07) is 10.0. The van der Waals surface area contributed by atoms with Gasteiger partial charge in [0.15, 0.2) is 0 Å². The van der Waals surface area contributed by atoms with Crippen LogP contribution >= 0.6 is 0 Å². The molecule has 2 amide bonds. The predicted molar refractivity (Wildman–Crippen MR) is 92.0 cm³/mol. The molecule has 1 aliphatic carbocycles. The lowest BCUT2D eigenvalue weighted by Gasteiger charge is -2.33. The minimum absolute atomic E-state index is 0.0295. The third kappa shape index (κ3) is 5.70.